The Hall–Kier alpha value is -2.72. The van der Waals surface area contributed by atoms with E-state index in [1.54, 1.807) is 0 Å². The molecule has 0 aliphatic carbocycles. The molecule has 0 radical (unpaired) electrons. The van der Waals surface area contributed by atoms with Crippen molar-refractivity contribution >= 4 is 16.9 Å². The molecule has 0 atom stereocenters. The van der Waals surface area contributed by atoms with Gasteiger partial charge in [0.25, 0.3) is 0 Å². The Labute approximate surface area is 164 Å². The second kappa shape index (κ2) is 9.83. The number of aryl methyl sites for hydroxylation is 2. The molecule has 0 aliphatic rings. The van der Waals surface area contributed by atoms with Crippen LogP contribution in [-0.2, 0) is 20.4 Å². The van der Waals surface area contributed by atoms with Crippen LogP contribution in [0.15, 0.2) is 87.5 Å². The number of aromatic hydroxyl groups is 1. The molecule has 0 unspecified atom stereocenters. The van der Waals surface area contributed by atoms with E-state index < -0.39 is 0 Å². The average molecular weight is 382 g/mol. The van der Waals surface area contributed by atoms with E-state index in [9.17, 15) is 9.90 Å². The molecule has 3 aromatic rings. The molecule has 27 heavy (non-hydrogen) atoms. The topological polar surface area (TPSA) is 46.5 Å². The third-order valence-electron chi connectivity index (χ3n) is 3.95. The van der Waals surface area contributed by atoms with Crippen LogP contribution in [0.1, 0.15) is 18.1 Å². The molecule has 0 saturated carbocycles. The largest absolute Gasteiger partial charge is 0.507 e. The van der Waals surface area contributed by atoms with Crippen molar-refractivity contribution in [2.75, 3.05) is 7.11 Å². The van der Waals surface area contributed by atoms with Crippen LogP contribution in [0.3, 0.4) is 0 Å². The first-order chi connectivity index (χ1) is 12.9. The van der Waals surface area contributed by atoms with Gasteiger partial charge in [0.15, 0.2) is 14.7 Å². The van der Waals surface area contributed by atoms with Crippen molar-refractivity contribution in [1.29, 1.82) is 0 Å². The smallest absolute Gasteiger partial charge is 0.302 e. The highest BCUT2D eigenvalue weighted by Gasteiger charge is 2.29. The van der Waals surface area contributed by atoms with Crippen molar-refractivity contribution in [2.24, 2.45) is 0 Å². The van der Waals surface area contributed by atoms with E-state index in [4.69, 9.17) is 0 Å². The number of hydrogen-bond donors (Lipinski definition) is 1. The number of benzene rings is 3. The van der Waals surface area contributed by atoms with E-state index in [2.05, 4.69) is 65.4 Å². The molecule has 3 rings (SSSR count). The van der Waals surface area contributed by atoms with E-state index in [-0.39, 0.29) is 16.9 Å². The number of phenols is 1. The summed E-state index contributed by atoms with van der Waals surface area (Å²) in [6.45, 7) is 5.28. The zero-order valence-electron chi connectivity index (χ0n) is 16.1. The highest BCUT2D eigenvalue weighted by molar-refractivity contribution is 7.97. The number of rotatable bonds is 3. The number of ether oxygens (including phenoxy) is 1. The molecule has 0 aromatic heterocycles. The fourth-order valence-corrected chi connectivity index (χ4v) is 4.82. The first kappa shape index (κ1) is 20.6. The fourth-order valence-electron chi connectivity index (χ4n) is 2.56. The highest BCUT2D eigenvalue weighted by atomic mass is 32.2. The van der Waals surface area contributed by atoms with Crippen LogP contribution in [0.5, 0.6) is 5.75 Å². The first-order valence-electron chi connectivity index (χ1n) is 8.63. The SMILES string of the molecule is COC(C)=O.Cc1cc([S+](c2ccccc2)c2ccccc2)cc(C)c1O. The van der Waals surface area contributed by atoms with Crippen LogP contribution in [0.25, 0.3) is 0 Å². The molecule has 0 bridgehead atoms. The molecule has 4 heteroatoms. The maximum atomic E-state index is 10.1. The number of carbonyl (C=O) groups excluding carboxylic acids is 1. The molecule has 0 saturated heterocycles. The molecular weight excluding hydrogens is 356 g/mol. The quantitative estimate of drug-likeness (QED) is 0.496. The van der Waals surface area contributed by atoms with Crippen LogP contribution in [0.4, 0.5) is 0 Å². The summed E-state index contributed by atoms with van der Waals surface area (Å²) in [4.78, 5) is 13.4. The Kier molecular flexibility index (Phi) is 7.50. The van der Waals surface area contributed by atoms with Crippen LogP contribution in [-0.4, -0.2) is 18.2 Å². The lowest BCUT2D eigenvalue weighted by Gasteiger charge is -2.10. The molecule has 3 aromatic carbocycles. The highest BCUT2D eigenvalue weighted by Crippen LogP contribution is 2.34. The van der Waals surface area contributed by atoms with Gasteiger partial charge in [-0.2, -0.15) is 0 Å². The minimum atomic E-state index is -0.245. The molecule has 140 valence electrons. The second-order valence-corrected chi connectivity index (χ2v) is 8.06. The van der Waals surface area contributed by atoms with Crippen LogP contribution < -0.4 is 0 Å². The molecule has 0 heterocycles. The van der Waals surface area contributed by atoms with Gasteiger partial charge in [-0.1, -0.05) is 36.4 Å². The Balaban J connectivity index is 0.000000465. The van der Waals surface area contributed by atoms with Crippen molar-refractivity contribution in [3.05, 3.63) is 83.9 Å². The lowest BCUT2D eigenvalue weighted by molar-refractivity contribution is -0.137. The van der Waals surface area contributed by atoms with Crippen molar-refractivity contribution in [1.82, 2.24) is 0 Å². The molecule has 0 fully saturated rings. The monoisotopic (exact) mass is 381 g/mol. The Morgan fingerprint density at radius 3 is 1.52 bits per heavy atom. The van der Waals surface area contributed by atoms with Gasteiger partial charge in [0, 0.05) is 19.1 Å². The minimum absolute atomic E-state index is 0.155. The minimum Gasteiger partial charge on any atom is -0.507 e. The Morgan fingerprint density at radius 1 is 0.815 bits per heavy atom. The fraction of sp³-hybridized carbons (Fsp3) is 0.174. The lowest BCUT2D eigenvalue weighted by Crippen LogP contribution is -2.05. The summed E-state index contributed by atoms with van der Waals surface area (Å²) in [5, 5.41) is 10.1. The summed E-state index contributed by atoms with van der Waals surface area (Å²) in [5.74, 6) is 0.151. The first-order valence-corrected chi connectivity index (χ1v) is 9.85. The predicted octanol–water partition coefficient (Wildman–Crippen LogP) is 5.28. The van der Waals surface area contributed by atoms with E-state index in [0.29, 0.717) is 5.75 Å². The normalized spacial score (nSPS) is 10.1. The third-order valence-corrected chi connectivity index (χ3v) is 6.14. The van der Waals surface area contributed by atoms with E-state index >= 15 is 0 Å². The molecular formula is C23H25O3S+. The predicted molar refractivity (Wildman–Crippen MR) is 110 cm³/mol. The van der Waals surface area contributed by atoms with Crippen LogP contribution >= 0.6 is 0 Å². The molecule has 0 amide bonds. The van der Waals surface area contributed by atoms with E-state index in [1.807, 2.05) is 26.0 Å². The summed E-state index contributed by atoms with van der Waals surface area (Å²) in [5.41, 5.74) is 1.86. The lowest BCUT2D eigenvalue weighted by atomic mass is 10.1. The van der Waals surface area contributed by atoms with Gasteiger partial charge in [0.05, 0.1) is 18.0 Å². The number of esters is 1. The molecule has 0 spiro atoms. The van der Waals surface area contributed by atoms with Gasteiger partial charge in [-0.05, 0) is 49.2 Å². The zero-order valence-corrected chi connectivity index (χ0v) is 16.9. The standard InChI is InChI=1S/C20H18OS.C3H6O2/c1-15-13-19(14-16(2)20(15)21)22(17-9-5-3-6-10-17)18-11-7-4-8-12-18;1-3(4)5-2/h3-14H,1-2H3;1-2H3/p+1. The molecule has 0 aliphatic heterocycles. The second-order valence-electron chi connectivity index (χ2n) is 6.03. The maximum absolute atomic E-state index is 10.1. The van der Waals surface area contributed by atoms with Gasteiger partial charge in [0.1, 0.15) is 5.75 Å². The van der Waals surface area contributed by atoms with Crippen LogP contribution in [0, 0.1) is 13.8 Å². The van der Waals surface area contributed by atoms with E-state index in [0.717, 1.165) is 11.1 Å². The number of hydrogen-bond acceptors (Lipinski definition) is 3. The number of methoxy groups -OCH3 is 1. The Bertz CT molecular complexity index is 814. The van der Waals surface area contributed by atoms with Crippen molar-refractivity contribution < 1.29 is 14.6 Å². The third kappa shape index (κ3) is 5.63. The zero-order chi connectivity index (χ0) is 19.8. The van der Waals surface area contributed by atoms with Gasteiger partial charge in [-0.3, -0.25) is 4.79 Å². The molecule has 3 nitrogen and oxygen atoms in total. The summed E-state index contributed by atoms with van der Waals surface area (Å²) < 4.78 is 4.11. The number of phenolic OH excluding ortho intramolecular Hbond substituents is 1. The van der Waals surface area contributed by atoms with Crippen molar-refractivity contribution in [3.63, 3.8) is 0 Å². The van der Waals surface area contributed by atoms with E-state index in [1.165, 1.54) is 28.7 Å². The summed E-state index contributed by atoms with van der Waals surface area (Å²) in [6, 6.07) is 25.3. The number of carbonyl (C=O) groups is 1. The van der Waals surface area contributed by atoms with Crippen molar-refractivity contribution in [3.8, 4) is 5.75 Å². The maximum Gasteiger partial charge on any atom is 0.302 e. The van der Waals surface area contributed by atoms with Gasteiger partial charge in [-0.25, -0.2) is 0 Å². The summed E-state index contributed by atoms with van der Waals surface area (Å²) in [7, 11) is 1.19. The Morgan fingerprint density at radius 2 is 1.19 bits per heavy atom. The van der Waals surface area contributed by atoms with Crippen molar-refractivity contribution in [2.45, 2.75) is 35.5 Å². The molecule has 1 N–H and O–H groups in total. The summed E-state index contributed by atoms with van der Waals surface area (Å²) >= 11 is 0. The van der Waals surface area contributed by atoms with Gasteiger partial charge in [-0.15, -0.1) is 0 Å². The van der Waals surface area contributed by atoms with Gasteiger partial charge < -0.3 is 9.84 Å². The van der Waals surface area contributed by atoms with Gasteiger partial charge >= 0.3 is 5.97 Å². The average Bonchev–Trinajstić information content (AvgIpc) is 2.68. The van der Waals surface area contributed by atoms with Gasteiger partial charge in [0.2, 0.25) is 0 Å². The summed E-state index contributed by atoms with van der Waals surface area (Å²) in [6.07, 6.45) is 0. The van der Waals surface area contributed by atoms with Crippen LogP contribution in [0.2, 0.25) is 0 Å².